The summed E-state index contributed by atoms with van der Waals surface area (Å²) in [6, 6.07) is 8.02. The molecule has 2 N–H and O–H groups in total. The third kappa shape index (κ3) is 2.97. The van der Waals surface area contributed by atoms with Crippen LogP contribution in [-0.4, -0.2) is 13.4 Å². The van der Waals surface area contributed by atoms with E-state index in [2.05, 4.69) is 9.71 Å². The molecule has 23 heavy (non-hydrogen) atoms. The Bertz CT molecular complexity index is 1070. The normalized spacial score (nSPS) is 11.8. The molecule has 3 rings (SSSR count). The van der Waals surface area contributed by atoms with Gasteiger partial charge in [-0.05, 0) is 37.1 Å². The number of hydrogen-bond donors (Lipinski definition) is 2. The van der Waals surface area contributed by atoms with Crippen LogP contribution >= 0.6 is 11.6 Å². The largest absolute Gasteiger partial charge is 0.417 e. The molecule has 0 unspecified atom stereocenters. The number of oxazole rings is 1. The zero-order valence-electron chi connectivity index (χ0n) is 12.3. The van der Waals surface area contributed by atoms with Gasteiger partial charge in [-0.25, -0.2) is 13.2 Å². The molecule has 0 atom stereocenters. The molecule has 1 aromatic heterocycles. The SMILES string of the molecule is Cc1ccc(C)c(NS(=O)(=O)c2cc3oc(=O)[nH]c3cc2Cl)c1. The Morgan fingerprint density at radius 2 is 1.91 bits per heavy atom. The number of benzene rings is 2. The van der Waals surface area contributed by atoms with Crippen LogP contribution in [0.5, 0.6) is 0 Å². The summed E-state index contributed by atoms with van der Waals surface area (Å²) in [5.41, 5.74) is 2.64. The fourth-order valence-corrected chi connectivity index (χ4v) is 3.87. The van der Waals surface area contributed by atoms with Crippen molar-refractivity contribution in [1.29, 1.82) is 0 Å². The maximum absolute atomic E-state index is 12.6. The Labute approximate surface area is 137 Å². The van der Waals surface area contributed by atoms with Crippen molar-refractivity contribution in [2.75, 3.05) is 4.72 Å². The second-order valence-electron chi connectivity index (χ2n) is 5.22. The van der Waals surface area contributed by atoms with Crippen LogP contribution in [-0.2, 0) is 10.0 Å². The fraction of sp³-hybridized carbons (Fsp3) is 0.133. The van der Waals surface area contributed by atoms with Gasteiger partial charge in [-0.2, -0.15) is 0 Å². The van der Waals surface area contributed by atoms with E-state index in [9.17, 15) is 13.2 Å². The van der Waals surface area contributed by atoms with Gasteiger partial charge >= 0.3 is 5.76 Å². The second-order valence-corrected chi connectivity index (χ2v) is 7.28. The Hall–Kier alpha value is -2.25. The van der Waals surface area contributed by atoms with E-state index >= 15 is 0 Å². The van der Waals surface area contributed by atoms with Crippen molar-refractivity contribution < 1.29 is 12.8 Å². The van der Waals surface area contributed by atoms with Crippen molar-refractivity contribution in [3.05, 3.63) is 57.0 Å². The first kappa shape index (κ1) is 15.6. The van der Waals surface area contributed by atoms with E-state index in [-0.39, 0.29) is 15.5 Å². The van der Waals surface area contributed by atoms with E-state index in [1.54, 1.807) is 13.0 Å². The van der Waals surface area contributed by atoms with Crippen molar-refractivity contribution in [3.63, 3.8) is 0 Å². The number of rotatable bonds is 3. The molecule has 0 fully saturated rings. The number of nitrogens with one attached hydrogen (secondary N) is 2. The van der Waals surface area contributed by atoms with Gasteiger partial charge in [0.15, 0.2) is 5.58 Å². The number of aromatic nitrogens is 1. The second kappa shape index (κ2) is 5.43. The average Bonchev–Trinajstić information content (AvgIpc) is 2.80. The Morgan fingerprint density at radius 1 is 1.17 bits per heavy atom. The van der Waals surface area contributed by atoms with Crippen molar-refractivity contribution in [2.24, 2.45) is 0 Å². The van der Waals surface area contributed by atoms with Crippen LogP contribution in [0.25, 0.3) is 11.1 Å². The van der Waals surface area contributed by atoms with Crippen LogP contribution in [0.15, 0.2) is 44.4 Å². The van der Waals surface area contributed by atoms with E-state index in [0.29, 0.717) is 11.2 Å². The first-order valence-corrected chi connectivity index (χ1v) is 8.55. The molecule has 0 saturated heterocycles. The number of anilines is 1. The number of H-pyrrole nitrogens is 1. The highest BCUT2D eigenvalue weighted by molar-refractivity contribution is 7.92. The Kier molecular flexibility index (Phi) is 3.69. The zero-order valence-corrected chi connectivity index (χ0v) is 13.9. The van der Waals surface area contributed by atoms with Gasteiger partial charge in [0.25, 0.3) is 10.0 Å². The molecule has 1 heterocycles. The van der Waals surface area contributed by atoms with Gasteiger partial charge in [-0.15, -0.1) is 0 Å². The highest BCUT2D eigenvalue weighted by atomic mass is 35.5. The summed E-state index contributed by atoms with van der Waals surface area (Å²) in [5, 5.41) is -0.00708. The first-order chi connectivity index (χ1) is 10.8. The van der Waals surface area contributed by atoms with E-state index in [0.717, 1.165) is 11.1 Å². The van der Waals surface area contributed by atoms with Crippen molar-refractivity contribution in [1.82, 2.24) is 4.98 Å². The third-order valence-corrected chi connectivity index (χ3v) is 5.23. The molecule has 0 spiro atoms. The molecule has 8 heteroatoms. The van der Waals surface area contributed by atoms with Crippen LogP contribution in [0.2, 0.25) is 5.02 Å². The molecule has 0 aliphatic heterocycles. The lowest BCUT2D eigenvalue weighted by molar-refractivity contribution is 0.554. The van der Waals surface area contributed by atoms with Gasteiger partial charge in [0, 0.05) is 6.07 Å². The number of halogens is 1. The Balaban J connectivity index is 2.10. The maximum atomic E-state index is 12.6. The molecule has 0 saturated carbocycles. The number of aromatic amines is 1. The molecule has 0 aliphatic rings. The van der Waals surface area contributed by atoms with Crippen LogP contribution in [0, 0.1) is 13.8 Å². The lowest BCUT2D eigenvalue weighted by Gasteiger charge is -2.12. The molecule has 6 nitrogen and oxygen atoms in total. The number of hydrogen-bond acceptors (Lipinski definition) is 4. The summed E-state index contributed by atoms with van der Waals surface area (Å²) in [6.07, 6.45) is 0. The van der Waals surface area contributed by atoms with Gasteiger partial charge in [0.1, 0.15) is 4.90 Å². The lowest BCUT2D eigenvalue weighted by Crippen LogP contribution is -2.14. The summed E-state index contributed by atoms with van der Waals surface area (Å²) < 4.78 is 32.6. The van der Waals surface area contributed by atoms with E-state index in [4.69, 9.17) is 16.0 Å². The predicted octanol–water partition coefficient (Wildman–Crippen LogP) is 3.19. The minimum absolute atomic E-state index is 0.00708. The van der Waals surface area contributed by atoms with Crippen LogP contribution < -0.4 is 10.5 Å². The summed E-state index contributed by atoms with van der Waals surface area (Å²) in [7, 11) is -3.92. The molecule has 2 aromatic carbocycles. The topological polar surface area (TPSA) is 92.2 Å². The summed E-state index contributed by atoms with van der Waals surface area (Å²) in [6.45, 7) is 3.66. The zero-order chi connectivity index (χ0) is 16.8. The molecule has 0 aliphatic carbocycles. The van der Waals surface area contributed by atoms with Crippen LogP contribution in [0.3, 0.4) is 0 Å². The maximum Gasteiger partial charge on any atom is 0.417 e. The quantitative estimate of drug-likeness (QED) is 0.757. The molecular formula is C15H13ClN2O4S. The van der Waals surface area contributed by atoms with Crippen LogP contribution in [0.4, 0.5) is 5.69 Å². The van der Waals surface area contributed by atoms with Gasteiger partial charge in [-0.3, -0.25) is 9.71 Å². The molecule has 0 bridgehead atoms. The molecule has 120 valence electrons. The number of sulfonamides is 1. The predicted molar refractivity (Wildman–Crippen MR) is 88.6 cm³/mol. The molecule has 0 amide bonds. The highest BCUT2D eigenvalue weighted by Crippen LogP contribution is 2.29. The summed E-state index contributed by atoms with van der Waals surface area (Å²) in [5.74, 6) is -0.673. The molecule has 0 radical (unpaired) electrons. The fourth-order valence-electron chi connectivity index (χ4n) is 2.20. The van der Waals surface area contributed by atoms with Gasteiger partial charge in [0.2, 0.25) is 0 Å². The first-order valence-electron chi connectivity index (χ1n) is 6.69. The molecular weight excluding hydrogens is 340 g/mol. The van der Waals surface area contributed by atoms with Crippen molar-refractivity contribution >= 4 is 38.4 Å². The number of aryl methyl sites for hydroxylation is 2. The standard InChI is InChI=1S/C15H13ClN2O4S/c1-8-3-4-9(2)11(5-8)18-23(20,21)14-7-13-12(6-10(14)16)17-15(19)22-13/h3-7,18H,1-2H3,(H,17,19). The number of fused-ring (bicyclic) bond motifs is 1. The lowest BCUT2D eigenvalue weighted by atomic mass is 10.1. The smallest absolute Gasteiger partial charge is 0.408 e. The summed E-state index contributed by atoms with van der Waals surface area (Å²) >= 11 is 6.05. The Morgan fingerprint density at radius 3 is 2.65 bits per heavy atom. The van der Waals surface area contributed by atoms with Crippen molar-refractivity contribution in [3.8, 4) is 0 Å². The van der Waals surface area contributed by atoms with Gasteiger partial charge in [-0.1, -0.05) is 23.7 Å². The van der Waals surface area contributed by atoms with Crippen LogP contribution in [0.1, 0.15) is 11.1 Å². The van der Waals surface area contributed by atoms with E-state index < -0.39 is 15.8 Å². The monoisotopic (exact) mass is 352 g/mol. The van der Waals surface area contributed by atoms with E-state index in [1.807, 2.05) is 19.1 Å². The average molecular weight is 353 g/mol. The van der Waals surface area contributed by atoms with E-state index in [1.165, 1.54) is 12.1 Å². The summed E-state index contributed by atoms with van der Waals surface area (Å²) in [4.78, 5) is 13.5. The van der Waals surface area contributed by atoms with Gasteiger partial charge < -0.3 is 4.42 Å². The third-order valence-electron chi connectivity index (χ3n) is 3.40. The minimum Gasteiger partial charge on any atom is -0.408 e. The van der Waals surface area contributed by atoms with Gasteiger partial charge in [0.05, 0.1) is 16.2 Å². The van der Waals surface area contributed by atoms with Crippen molar-refractivity contribution in [2.45, 2.75) is 18.7 Å². The highest BCUT2D eigenvalue weighted by Gasteiger charge is 2.21. The minimum atomic E-state index is -3.92. The molecule has 3 aromatic rings.